The van der Waals surface area contributed by atoms with E-state index in [2.05, 4.69) is 33.9 Å². The molecule has 3 aromatic rings. The van der Waals surface area contributed by atoms with Gasteiger partial charge < -0.3 is 19.1 Å². The third-order valence-corrected chi connectivity index (χ3v) is 10.4. The molecule has 6 heterocycles. The molecule has 3 saturated heterocycles. The Balaban J connectivity index is 1.25. The highest BCUT2D eigenvalue weighted by molar-refractivity contribution is 6.10. The molecule has 2 aromatic heterocycles. The van der Waals surface area contributed by atoms with Crippen LogP contribution in [0.2, 0.25) is 0 Å². The second-order valence-corrected chi connectivity index (χ2v) is 14.1. The smallest absolute Gasteiger partial charge is 0.379 e. The SMILES string of the molecule is CC#CC(=O)N1CCN(c2cc(C3(Cc4nncn4C)COC3)cc(N3Cc4c(cc(CN5CCCC(C)C5)cc4C(F)(F)F)C3=O)n2)CC1. The zero-order valence-corrected chi connectivity index (χ0v) is 28.6. The number of halogens is 3. The predicted molar refractivity (Wildman–Crippen MR) is 179 cm³/mol. The number of carbonyl (C=O) groups is 2. The molecule has 0 spiro atoms. The van der Waals surface area contributed by atoms with E-state index in [0.717, 1.165) is 37.3 Å². The molecule has 0 N–H and O–H groups in total. The number of anilines is 2. The van der Waals surface area contributed by atoms with Crippen LogP contribution in [-0.4, -0.2) is 93.8 Å². The van der Waals surface area contributed by atoms with E-state index in [9.17, 15) is 22.8 Å². The molecular weight excluding hydrogens is 649 g/mol. The molecule has 2 amide bonds. The van der Waals surface area contributed by atoms with Gasteiger partial charge in [0, 0.05) is 63.7 Å². The molecule has 3 fully saturated rings. The van der Waals surface area contributed by atoms with Crippen molar-refractivity contribution in [1.29, 1.82) is 0 Å². The van der Waals surface area contributed by atoms with Crippen molar-refractivity contribution in [3.05, 3.63) is 64.2 Å². The Bertz CT molecular complexity index is 1850. The highest BCUT2D eigenvalue weighted by Gasteiger charge is 2.45. The lowest BCUT2D eigenvalue weighted by Crippen LogP contribution is -2.50. The van der Waals surface area contributed by atoms with Crippen LogP contribution in [0, 0.1) is 17.8 Å². The number of nitrogens with zero attached hydrogens (tertiary/aromatic N) is 8. The first-order chi connectivity index (χ1) is 23.9. The number of carbonyl (C=O) groups excluding carboxylic acids is 2. The molecule has 1 unspecified atom stereocenters. The minimum atomic E-state index is -4.63. The summed E-state index contributed by atoms with van der Waals surface area (Å²) in [5.41, 5.74) is 0.0895. The van der Waals surface area contributed by atoms with Gasteiger partial charge in [-0.15, -0.1) is 10.2 Å². The Morgan fingerprint density at radius 1 is 1.08 bits per heavy atom. The predicted octanol–water partition coefficient (Wildman–Crippen LogP) is 3.80. The van der Waals surface area contributed by atoms with Crippen molar-refractivity contribution in [2.24, 2.45) is 13.0 Å². The number of benzene rings is 1. The summed E-state index contributed by atoms with van der Waals surface area (Å²) < 4.78 is 51.5. The fourth-order valence-electron chi connectivity index (χ4n) is 7.61. The third-order valence-electron chi connectivity index (χ3n) is 10.4. The average molecular weight is 691 g/mol. The summed E-state index contributed by atoms with van der Waals surface area (Å²) >= 11 is 0. The number of fused-ring (bicyclic) bond motifs is 1. The number of piperidine rings is 1. The van der Waals surface area contributed by atoms with E-state index < -0.39 is 23.1 Å². The zero-order valence-electron chi connectivity index (χ0n) is 28.6. The molecule has 11 nitrogen and oxygen atoms in total. The van der Waals surface area contributed by atoms with Gasteiger partial charge in [-0.05, 0) is 79.1 Å². The summed E-state index contributed by atoms with van der Waals surface area (Å²) in [5, 5.41) is 8.33. The number of rotatable bonds is 7. The van der Waals surface area contributed by atoms with Crippen molar-refractivity contribution in [1.82, 2.24) is 29.5 Å². The van der Waals surface area contributed by atoms with Crippen LogP contribution in [0.25, 0.3) is 0 Å². The van der Waals surface area contributed by atoms with Crippen molar-refractivity contribution >= 4 is 23.5 Å². The Kier molecular flexibility index (Phi) is 9.07. The van der Waals surface area contributed by atoms with Crippen molar-refractivity contribution < 1.29 is 27.5 Å². The van der Waals surface area contributed by atoms with Crippen molar-refractivity contribution in [3.63, 3.8) is 0 Å². The largest absolute Gasteiger partial charge is 0.416 e. The molecule has 0 aliphatic carbocycles. The molecule has 0 radical (unpaired) electrons. The molecule has 4 aliphatic rings. The molecule has 50 heavy (non-hydrogen) atoms. The van der Waals surface area contributed by atoms with E-state index in [1.165, 1.54) is 11.0 Å². The number of aromatic nitrogens is 4. The first kappa shape index (κ1) is 34.0. The number of pyridine rings is 1. The number of hydrogen-bond acceptors (Lipinski definition) is 8. The van der Waals surface area contributed by atoms with Crippen molar-refractivity contribution in [2.75, 3.05) is 62.3 Å². The van der Waals surface area contributed by atoms with Gasteiger partial charge in [0.25, 0.3) is 11.8 Å². The van der Waals surface area contributed by atoms with Gasteiger partial charge in [-0.3, -0.25) is 19.4 Å². The fraction of sp³-hybridized carbons (Fsp3) is 0.528. The number of alkyl halides is 3. The van der Waals surface area contributed by atoms with Gasteiger partial charge in [-0.2, -0.15) is 13.2 Å². The minimum absolute atomic E-state index is 0.0306. The summed E-state index contributed by atoms with van der Waals surface area (Å²) in [6.07, 6.45) is -0.391. The highest BCUT2D eigenvalue weighted by atomic mass is 19.4. The second kappa shape index (κ2) is 13.3. The van der Waals surface area contributed by atoms with Gasteiger partial charge in [-0.1, -0.05) is 12.8 Å². The molecule has 0 saturated carbocycles. The Hall–Kier alpha value is -4.48. The fourth-order valence-corrected chi connectivity index (χ4v) is 7.61. The van der Waals surface area contributed by atoms with Crippen LogP contribution in [0.1, 0.15) is 65.1 Å². The molecule has 14 heteroatoms. The molecule has 264 valence electrons. The molecule has 7 rings (SSSR count). The van der Waals surface area contributed by atoms with E-state index >= 15 is 0 Å². The van der Waals surface area contributed by atoms with Gasteiger partial charge in [0.05, 0.1) is 25.3 Å². The lowest BCUT2D eigenvalue weighted by molar-refractivity contribution is -0.138. The van der Waals surface area contributed by atoms with Crippen LogP contribution in [0.4, 0.5) is 24.8 Å². The summed E-state index contributed by atoms with van der Waals surface area (Å²) in [4.78, 5) is 38.8. The molecule has 1 aromatic carbocycles. The highest BCUT2D eigenvalue weighted by Crippen LogP contribution is 2.42. The van der Waals surface area contributed by atoms with Gasteiger partial charge in [0.1, 0.15) is 23.8 Å². The first-order valence-corrected chi connectivity index (χ1v) is 17.1. The topological polar surface area (TPSA) is 99.9 Å². The maximum atomic E-state index is 14.6. The molecular formula is C36H41F3N8O3. The number of amides is 2. The Labute approximate surface area is 289 Å². The minimum Gasteiger partial charge on any atom is -0.379 e. The standard InChI is InChI=1S/C36H41F3N8O3/c1-4-6-33(48)46-11-9-45(10-12-46)30-15-26(35(21-50-22-35)17-32-42-40-23-43(32)3)16-31(41-30)47-20-28-27(34(47)49)13-25(14-29(28)36(37,38)39)19-44-8-5-7-24(2)18-44/h13-16,23-24H,5,7-12,17-22H2,1-3H3. The quantitative estimate of drug-likeness (QED) is 0.346. The van der Waals surface area contributed by atoms with Gasteiger partial charge in [0.2, 0.25) is 0 Å². The maximum absolute atomic E-state index is 14.6. The lowest BCUT2D eigenvalue weighted by atomic mass is 9.75. The summed E-state index contributed by atoms with van der Waals surface area (Å²) in [5.74, 6) is 6.59. The van der Waals surface area contributed by atoms with Crippen LogP contribution in [0.15, 0.2) is 30.6 Å². The van der Waals surface area contributed by atoms with Gasteiger partial charge in [0.15, 0.2) is 0 Å². The monoisotopic (exact) mass is 690 g/mol. The van der Waals surface area contributed by atoms with Crippen LogP contribution in [0.5, 0.6) is 0 Å². The lowest BCUT2D eigenvalue weighted by Gasteiger charge is -2.42. The number of piperazine rings is 1. The molecule has 1 atom stereocenters. The second-order valence-electron chi connectivity index (χ2n) is 14.1. The molecule has 4 aliphatic heterocycles. The third kappa shape index (κ3) is 6.56. The van der Waals surface area contributed by atoms with Crippen LogP contribution < -0.4 is 9.80 Å². The van der Waals surface area contributed by atoms with E-state index in [-0.39, 0.29) is 29.4 Å². The van der Waals surface area contributed by atoms with Gasteiger partial charge in [-0.25, -0.2) is 4.98 Å². The number of likely N-dealkylation sites (tertiary alicyclic amines) is 1. The average Bonchev–Trinajstić information content (AvgIpc) is 3.63. The van der Waals surface area contributed by atoms with Gasteiger partial charge >= 0.3 is 6.18 Å². The molecule has 0 bridgehead atoms. The van der Waals surface area contributed by atoms with Crippen molar-refractivity contribution in [3.8, 4) is 11.8 Å². The van der Waals surface area contributed by atoms with Crippen LogP contribution in [0.3, 0.4) is 0 Å². The van der Waals surface area contributed by atoms with E-state index in [1.807, 2.05) is 28.6 Å². The summed E-state index contributed by atoms with van der Waals surface area (Å²) in [7, 11) is 1.87. The summed E-state index contributed by atoms with van der Waals surface area (Å²) in [6.45, 7) is 8.12. The van der Waals surface area contributed by atoms with Crippen LogP contribution in [-0.2, 0) is 47.7 Å². The van der Waals surface area contributed by atoms with Crippen LogP contribution >= 0.6 is 0 Å². The van der Waals surface area contributed by atoms with Crippen molar-refractivity contribution in [2.45, 2.75) is 57.8 Å². The number of aryl methyl sites for hydroxylation is 1. The maximum Gasteiger partial charge on any atom is 0.416 e. The Morgan fingerprint density at radius 2 is 1.84 bits per heavy atom. The van der Waals surface area contributed by atoms with E-state index in [4.69, 9.17) is 9.72 Å². The zero-order chi connectivity index (χ0) is 35.2. The Morgan fingerprint density at radius 3 is 2.48 bits per heavy atom. The van der Waals surface area contributed by atoms with E-state index in [0.29, 0.717) is 69.7 Å². The van der Waals surface area contributed by atoms with E-state index in [1.54, 1.807) is 24.2 Å². The normalized spacial score (nSPS) is 20.7. The summed E-state index contributed by atoms with van der Waals surface area (Å²) in [6, 6.07) is 6.64. The number of ether oxygens (including phenoxy) is 1. The first-order valence-electron chi connectivity index (χ1n) is 17.1. The number of hydrogen-bond donors (Lipinski definition) is 0.